The number of halogens is 1. The number of anilines is 1. The molecule has 2 aromatic carbocycles. The largest absolute Gasteiger partial charge is 0.368 e. The molecule has 0 radical (unpaired) electrons. The third kappa shape index (κ3) is 3.64. The third-order valence-electron chi connectivity index (χ3n) is 4.94. The molecule has 1 aliphatic rings. The predicted octanol–water partition coefficient (Wildman–Crippen LogP) is 3.31. The van der Waals surface area contributed by atoms with E-state index in [0.717, 1.165) is 16.6 Å². The van der Waals surface area contributed by atoms with Gasteiger partial charge in [-0.3, -0.25) is 15.1 Å². The molecule has 1 aromatic heterocycles. The lowest BCUT2D eigenvalue weighted by Crippen LogP contribution is -2.48. The van der Waals surface area contributed by atoms with Crippen LogP contribution in [0.3, 0.4) is 0 Å². The van der Waals surface area contributed by atoms with Crippen LogP contribution in [0.5, 0.6) is 0 Å². The standard InChI is InChI=1S/C19H17ClN4O4S/c20-14-5-6-15-16(13-14)21-8-7-17(15)22-9-11-23(12-10-22)29(27,28)19-4-2-1-3-18(19)24(25)26/h1-8,13H,9-12H2. The lowest BCUT2D eigenvalue weighted by molar-refractivity contribution is -0.387. The van der Waals surface area contributed by atoms with E-state index in [-0.39, 0.29) is 18.0 Å². The van der Waals surface area contributed by atoms with E-state index in [1.165, 1.54) is 28.6 Å². The summed E-state index contributed by atoms with van der Waals surface area (Å²) in [5.74, 6) is 0. The second kappa shape index (κ2) is 7.58. The highest BCUT2D eigenvalue weighted by molar-refractivity contribution is 7.89. The van der Waals surface area contributed by atoms with E-state index in [9.17, 15) is 18.5 Å². The van der Waals surface area contributed by atoms with Crippen LogP contribution in [0.2, 0.25) is 5.02 Å². The number of nitro groups is 1. The van der Waals surface area contributed by atoms with Gasteiger partial charge in [0.2, 0.25) is 10.0 Å². The molecule has 1 saturated heterocycles. The van der Waals surface area contributed by atoms with Crippen LogP contribution in [0, 0.1) is 10.1 Å². The summed E-state index contributed by atoms with van der Waals surface area (Å²) in [4.78, 5) is 16.7. The van der Waals surface area contributed by atoms with E-state index in [1.54, 1.807) is 18.3 Å². The molecule has 2 heterocycles. The Balaban J connectivity index is 1.58. The number of rotatable bonds is 4. The Labute approximate surface area is 172 Å². The molecule has 10 heteroatoms. The van der Waals surface area contributed by atoms with E-state index in [1.807, 2.05) is 12.1 Å². The summed E-state index contributed by atoms with van der Waals surface area (Å²) in [5.41, 5.74) is 1.31. The van der Waals surface area contributed by atoms with Crippen molar-refractivity contribution < 1.29 is 13.3 Å². The highest BCUT2D eigenvalue weighted by Gasteiger charge is 2.33. The van der Waals surface area contributed by atoms with Crippen molar-refractivity contribution in [3.8, 4) is 0 Å². The molecule has 0 N–H and O–H groups in total. The highest BCUT2D eigenvalue weighted by atomic mass is 35.5. The molecule has 0 amide bonds. The number of hydrogen-bond acceptors (Lipinski definition) is 6. The average Bonchev–Trinajstić information content (AvgIpc) is 2.73. The Morgan fingerprint density at radius 1 is 1.03 bits per heavy atom. The molecule has 29 heavy (non-hydrogen) atoms. The summed E-state index contributed by atoms with van der Waals surface area (Å²) in [7, 11) is -3.96. The minimum atomic E-state index is -3.96. The van der Waals surface area contributed by atoms with Gasteiger partial charge >= 0.3 is 0 Å². The fraction of sp³-hybridized carbons (Fsp3) is 0.211. The molecule has 4 rings (SSSR count). The van der Waals surface area contributed by atoms with Crippen LogP contribution in [-0.4, -0.2) is 48.8 Å². The second-order valence-corrected chi connectivity index (χ2v) is 8.95. The van der Waals surface area contributed by atoms with E-state index >= 15 is 0 Å². The first-order chi connectivity index (χ1) is 13.9. The molecule has 0 unspecified atom stereocenters. The van der Waals surface area contributed by atoms with Gasteiger partial charge in [-0.1, -0.05) is 23.7 Å². The molecule has 0 spiro atoms. The van der Waals surface area contributed by atoms with Gasteiger partial charge in [0, 0.05) is 54.5 Å². The SMILES string of the molecule is O=[N+]([O-])c1ccccc1S(=O)(=O)N1CCN(c2ccnc3cc(Cl)ccc23)CC1. The molecule has 0 aliphatic carbocycles. The number of benzene rings is 2. The van der Waals surface area contributed by atoms with Crippen molar-refractivity contribution in [3.05, 3.63) is 69.9 Å². The Hall–Kier alpha value is -2.75. The number of nitro benzene ring substituents is 1. The maximum Gasteiger partial charge on any atom is 0.289 e. The van der Waals surface area contributed by atoms with Gasteiger partial charge in [0.25, 0.3) is 5.69 Å². The van der Waals surface area contributed by atoms with E-state index in [2.05, 4.69) is 9.88 Å². The van der Waals surface area contributed by atoms with Crippen molar-refractivity contribution in [2.24, 2.45) is 0 Å². The lowest BCUT2D eigenvalue weighted by atomic mass is 10.1. The number of piperazine rings is 1. The summed E-state index contributed by atoms with van der Waals surface area (Å²) in [6.45, 7) is 1.38. The van der Waals surface area contributed by atoms with Crippen molar-refractivity contribution in [2.45, 2.75) is 4.90 Å². The lowest BCUT2D eigenvalue weighted by Gasteiger charge is -2.35. The van der Waals surface area contributed by atoms with Gasteiger partial charge in [0.05, 0.1) is 10.4 Å². The van der Waals surface area contributed by atoms with Crippen molar-refractivity contribution in [2.75, 3.05) is 31.1 Å². The summed E-state index contributed by atoms with van der Waals surface area (Å²) in [6.07, 6.45) is 1.70. The van der Waals surface area contributed by atoms with Crippen LogP contribution in [-0.2, 0) is 10.0 Å². The zero-order chi connectivity index (χ0) is 20.6. The van der Waals surface area contributed by atoms with E-state index in [0.29, 0.717) is 18.1 Å². The Morgan fingerprint density at radius 3 is 2.48 bits per heavy atom. The molecule has 8 nitrogen and oxygen atoms in total. The number of hydrogen-bond donors (Lipinski definition) is 0. The molecule has 1 fully saturated rings. The van der Waals surface area contributed by atoms with Crippen molar-refractivity contribution in [1.82, 2.24) is 9.29 Å². The molecular weight excluding hydrogens is 416 g/mol. The first kappa shape index (κ1) is 19.6. The Kier molecular flexibility index (Phi) is 5.12. The fourth-order valence-electron chi connectivity index (χ4n) is 3.52. The summed E-state index contributed by atoms with van der Waals surface area (Å²) in [5, 5.41) is 12.8. The van der Waals surface area contributed by atoms with Crippen LogP contribution < -0.4 is 4.90 Å². The quantitative estimate of drug-likeness (QED) is 0.463. The van der Waals surface area contributed by atoms with Gasteiger partial charge in [0.15, 0.2) is 4.90 Å². The summed E-state index contributed by atoms with van der Waals surface area (Å²) < 4.78 is 27.3. The zero-order valence-electron chi connectivity index (χ0n) is 15.2. The first-order valence-corrected chi connectivity index (χ1v) is 10.7. The van der Waals surface area contributed by atoms with Crippen molar-refractivity contribution >= 4 is 43.9 Å². The number of aromatic nitrogens is 1. The van der Waals surface area contributed by atoms with Gasteiger partial charge < -0.3 is 4.90 Å². The number of pyridine rings is 1. The Bertz CT molecular complexity index is 1190. The maximum absolute atomic E-state index is 13.0. The van der Waals surface area contributed by atoms with E-state index in [4.69, 9.17) is 11.6 Å². The van der Waals surface area contributed by atoms with Gasteiger partial charge in [0.1, 0.15) is 0 Å². The second-order valence-electron chi connectivity index (χ2n) is 6.61. The van der Waals surface area contributed by atoms with Crippen LogP contribution in [0.1, 0.15) is 0 Å². The maximum atomic E-state index is 13.0. The normalized spacial score (nSPS) is 15.6. The third-order valence-corrected chi connectivity index (χ3v) is 7.12. The number of fused-ring (bicyclic) bond motifs is 1. The number of nitrogens with zero attached hydrogens (tertiary/aromatic N) is 4. The number of para-hydroxylation sites is 1. The average molecular weight is 433 g/mol. The molecule has 1 aliphatic heterocycles. The van der Waals surface area contributed by atoms with Gasteiger partial charge in [-0.2, -0.15) is 4.31 Å². The topological polar surface area (TPSA) is 96.6 Å². The van der Waals surface area contributed by atoms with Gasteiger partial charge in [-0.15, -0.1) is 0 Å². The van der Waals surface area contributed by atoms with Crippen LogP contribution in [0.15, 0.2) is 59.6 Å². The zero-order valence-corrected chi connectivity index (χ0v) is 16.8. The smallest absolute Gasteiger partial charge is 0.289 e. The molecule has 3 aromatic rings. The van der Waals surface area contributed by atoms with Crippen LogP contribution in [0.4, 0.5) is 11.4 Å². The minimum absolute atomic E-state index is 0.228. The minimum Gasteiger partial charge on any atom is -0.368 e. The van der Waals surface area contributed by atoms with Crippen LogP contribution >= 0.6 is 11.6 Å². The Morgan fingerprint density at radius 2 is 1.76 bits per heavy atom. The molecule has 0 atom stereocenters. The monoisotopic (exact) mass is 432 g/mol. The first-order valence-electron chi connectivity index (χ1n) is 8.91. The molecule has 0 bridgehead atoms. The summed E-state index contributed by atoms with van der Waals surface area (Å²) in [6, 6.07) is 12.8. The predicted molar refractivity (Wildman–Crippen MR) is 111 cm³/mol. The summed E-state index contributed by atoms with van der Waals surface area (Å²) >= 11 is 6.04. The van der Waals surface area contributed by atoms with Crippen molar-refractivity contribution in [1.29, 1.82) is 0 Å². The molecule has 0 saturated carbocycles. The van der Waals surface area contributed by atoms with Crippen LogP contribution in [0.25, 0.3) is 10.9 Å². The fourth-order valence-corrected chi connectivity index (χ4v) is 5.26. The molecular formula is C19H17ClN4O4S. The highest BCUT2D eigenvalue weighted by Crippen LogP contribution is 2.30. The van der Waals surface area contributed by atoms with Crippen molar-refractivity contribution in [3.63, 3.8) is 0 Å². The van der Waals surface area contributed by atoms with Gasteiger partial charge in [-0.25, -0.2) is 8.42 Å². The number of sulfonamides is 1. The van der Waals surface area contributed by atoms with E-state index < -0.39 is 20.6 Å². The molecule has 150 valence electrons. The van der Waals surface area contributed by atoms with Gasteiger partial charge in [-0.05, 0) is 30.3 Å².